The molecule has 7 heteroatoms. The third-order valence-electron chi connectivity index (χ3n) is 4.21. The number of ether oxygens (including phenoxy) is 2. The first-order valence-electron chi connectivity index (χ1n) is 7.64. The summed E-state index contributed by atoms with van der Waals surface area (Å²) in [6.45, 7) is 1.09. The minimum atomic E-state index is -0.993. The van der Waals surface area contributed by atoms with E-state index in [0.29, 0.717) is 18.2 Å². The molecule has 2 atom stereocenters. The zero-order chi connectivity index (χ0) is 16.7. The van der Waals surface area contributed by atoms with E-state index in [0.717, 1.165) is 23.5 Å². The fourth-order valence-electron chi connectivity index (χ4n) is 2.87. The molecule has 0 spiro atoms. The Balaban J connectivity index is 1.42. The lowest BCUT2D eigenvalue weighted by atomic mass is 10.1. The number of carboxylic acid groups (broad SMARTS) is 1. The topological polar surface area (TPSA) is 84.9 Å². The number of carbonyl (C=O) groups excluding carboxylic acids is 1. The number of aromatic carboxylic acids is 1. The number of hydrogen-bond acceptors (Lipinski definition) is 5. The number of fused-ring (bicyclic) bond motifs is 1. The molecule has 6 nitrogen and oxygen atoms in total. The van der Waals surface area contributed by atoms with Gasteiger partial charge in [-0.25, -0.2) is 4.79 Å². The smallest absolute Gasteiger partial charge is 0.336 e. The van der Waals surface area contributed by atoms with Crippen molar-refractivity contribution in [2.75, 3.05) is 18.5 Å². The van der Waals surface area contributed by atoms with Crippen LogP contribution in [0.2, 0.25) is 0 Å². The predicted octanol–water partition coefficient (Wildman–Crippen LogP) is 2.96. The van der Waals surface area contributed by atoms with E-state index in [1.807, 2.05) is 18.2 Å². The van der Waals surface area contributed by atoms with Gasteiger partial charge in [-0.15, -0.1) is 11.3 Å². The van der Waals surface area contributed by atoms with Crippen LogP contribution < -0.4 is 14.8 Å². The Kier molecular flexibility index (Phi) is 3.65. The second-order valence-corrected chi connectivity index (χ2v) is 6.76. The quantitative estimate of drug-likeness (QED) is 0.890. The number of hydrogen-bond donors (Lipinski definition) is 2. The van der Waals surface area contributed by atoms with E-state index in [-0.39, 0.29) is 23.3 Å². The highest BCUT2D eigenvalue weighted by Crippen LogP contribution is 2.49. The third kappa shape index (κ3) is 2.82. The van der Waals surface area contributed by atoms with Crippen LogP contribution in [0, 0.1) is 5.92 Å². The van der Waals surface area contributed by atoms with Crippen molar-refractivity contribution in [3.05, 3.63) is 40.8 Å². The minimum absolute atomic E-state index is 0.0753. The summed E-state index contributed by atoms with van der Waals surface area (Å²) in [6, 6.07) is 7.28. The molecule has 1 amide bonds. The van der Waals surface area contributed by atoms with Crippen molar-refractivity contribution < 1.29 is 24.2 Å². The van der Waals surface area contributed by atoms with Gasteiger partial charge in [0.25, 0.3) is 0 Å². The summed E-state index contributed by atoms with van der Waals surface area (Å²) in [5, 5.41) is 13.8. The van der Waals surface area contributed by atoms with Crippen LogP contribution in [0.4, 0.5) is 5.00 Å². The molecule has 1 aromatic heterocycles. The number of nitrogens with one attached hydrogen (secondary N) is 1. The van der Waals surface area contributed by atoms with Crippen molar-refractivity contribution in [2.24, 2.45) is 5.92 Å². The average Bonchev–Trinajstić information content (AvgIpc) is 3.26. The zero-order valence-electron chi connectivity index (χ0n) is 12.7. The Morgan fingerprint density at radius 1 is 1.17 bits per heavy atom. The van der Waals surface area contributed by atoms with E-state index in [2.05, 4.69) is 5.32 Å². The molecule has 2 heterocycles. The Bertz CT molecular complexity index is 815. The maximum absolute atomic E-state index is 12.3. The first-order chi connectivity index (χ1) is 11.6. The van der Waals surface area contributed by atoms with Gasteiger partial charge < -0.3 is 19.9 Å². The third-order valence-corrected chi connectivity index (χ3v) is 5.06. The fourth-order valence-corrected chi connectivity index (χ4v) is 3.65. The molecule has 4 rings (SSSR count). The molecule has 1 aliphatic heterocycles. The monoisotopic (exact) mass is 345 g/mol. The largest absolute Gasteiger partial charge is 0.486 e. The second kappa shape index (κ2) is 5.83. The molecule has 24 heavy (non-hydrogen) atoms. The highest BCUT2D eigenvalue weighted by atomic mass is 32.1. The Morgan fingerprint density at radius 2 is 1.96 bits per heavy atom. The molecule has 1 saturated carbocycles. The van der Waals surface area contributed by atoms with Gasteiger partial charge in [0.2, 0.25) is 5.91 Å². The van der Waals surface area contributed by atoms with Crippen molar-refractivity contribution in [2.45, 2.75) is 12.3 Å². The van der Waals surface area contributed by atoms with Crippen LogP contribution in [0.1, 0.15) is 28.3 Å². The summed E-state index contributed by atoms with van der Waals surface area (Å²) in [6.07, 6.45) is 0.780. The number of rotatable bonds is 4. The number of anilines is 1. The summed E-state index contributed by atoms with van der Waals surface area (Å²) >= 11 is 1.22. The van der Waals surface area contributed by atoms with Crippen molar-refractivity contribution in [1.82, 2.24) is 0 Å². The van der Waals surface area contributed by atoms with Gasteiger partial charge in [-0.3, -0.25) is 4.79 Å². The van der Waals surface area contributed by atoms with Crippen LogP contribution in [-0.4, -0.2) is 30.2 Å². The molecule has 2 N–H and O–H groups in total. The van der Waals surface area contributed by atoms with Gasteiger partial charge in [0.1, 0.15) is 13.2 Å². The zero-order valence-corrected chi connectivity index (χ0v) is 13.5. The van der Waals surface area contributed by atoms with Crippen LogP contribution in [-0.2, 0) is 4.79 Å². The summed E-state index contributed by atoms with van der Waals surface area (Å²) in [4.78, 5) is 23.2. The number of thiophene rings is 1. The molecular formula is C17H15NO5S. The predicted molar refractivity (Wildman–Crippen MR) is 88.2 cm³/mol. The normalized spacial score (nSPS) is 21.2. The lowest BCUT2D eigenvalue weighted by Crippen LogP contribution is -2.15. The van der Waals surface area contributed by atoms with Gasteiger partial charge >= 0.3 is 5.97 Å². The Hall–Kier alpha value is -2.54. The highest BCUT2D eigenvalue weighted by molar-refractivity contribution is 7.14. The lowest BCUT2D eigenvalue weighted by molar-refractivity contribution is -0.117. The van der Waals surface area contributed by atoms with Crippen LogP contribution in [0.25, 0.3) is 0 Å². The first kappa shape index (κ1) is 15.0. The minimum Gasteiger partial charge on any atom is -0.486 e. The van der Waals surface area contributed by atoms with E-state index in [9.17, 15) is 9.59 Å². The molecule has 1 fully saturated rings. The van der Waals surface area contributed by atoms with Crippen LogP contribution in [0.15, 0.2) is 29.6 Å². The van der Waals surface area contributed by atoms with Gasteiger partial charge in [-0.05, 0) is 36.1 Å². The van der Waals surface area contributed by atoms with Crippen molar-refractivity contribution in [1.29, 1.82) is 0 Å². The molecule has 1 aliphatic carbocycles. The molecule has 0 radical (unpaired) electrons. The number of benzene rings is 1. The van der Waals surface area contributed by atoms with Crippen molar-refractivity contribution in [3.63, 3.8) is 0 Å². The van der Waals surface area contributed by atoms with Gasteiger partial charge in [-0.1, -0.05) is 6.07 Å². The van der Waals surface area contributed by atoms with Crippen molar-refractivity contribution >= 4 is 28.2 Å². The number of carboxylic acids is 1. The fraction of sp³-hybridized carbons (Fsp3) is 0.294. The summed E-state index contributed by atoms with van der Waals surface area (Å²) in [5.74, 6) is 0.476. The number of amides is 1. The van der Waals surface area contributed by atoms with Crippen molar-refractivity contribution in [3.8, 4) is 11.5 Å². The first-order valence-corrected chi connectivity index (χ1v) is 8.52. The van der Waals surface area contributed by atoms with E-state index in [4.69, 9.17) is 14.6 Å². The molecule has 124 valence electrons. The van der Waals surface area contributed by atoms with Crippen LogP contribution in [0.5, 0.6) is 11.5 Å². The molecule has 2 aromatic rings. The highest BCUT2D eigenvalue weighted by Gasteiger charge is 2.44. The summed E-state index contributed by atoms with van der Waals surface area (Å²) in [5.41, 5.74) is 1.26. The lowest BCUT2D eigenvalue weighted by Gasteiger charge is -2.18. The SMILES string of the molecule is O=C(O)c1csc(NC(=O)C2CC2c2ccc3c(c2)OCCO3)c1. The molecule has 2 aliphatic rings. The van der Waals surface area contributed by atoms with E-state index in [1.165, 1.54) is 22.8 Å². The van der Waals surface area contributed by atoms with E-state index < -0.39 is 5.97 Å². The van der Waals surface area contributed by atoms with Crippen LogP contribution >= 0.6 is 11.3 Å². The summed E-state index contributed by atoms with van der Waals surface area (Å²) in [7, 11) is 0. The molecule has 0 bridgehead atoms. The standard InChI is InChI=1S/C17H15NO5S/c19-16(18-15-6-10(8-24-15)17(20)21)12-7-11(12)9-1-2-13-14(5-9)23-4-3-22-13/h1-2,5-6,8,11-12H,3-4,7H2,(H,18,19)(H,20,21). The second-order valence-electron chi connectivity index (χ2n) is 5.85. The van der Waals surface area contributed by atoms with Gasteiger partial charge in [0, 0.05) is 11.3 Å². The Morgan fingerprint density at radius 3 is 2.71 bits per heavy atom. The van der Waals surface area contributed by atoms with Gasteiger partial charge in [0.05, 0.1) is 10.6 Å². The van der Waals surface area contributed by atoms with Crippen LogP contribution in [0.3, 0.4) is 0 Å². The van der Waals surface area contributed by atoms with Gasteiger partial charge in [-0.2, -0.15) is 0 Å². The average molecular weight is 345 g/mol. The maximum atomic E-state index is 12.3. The Labute approximate surface area is 142 Å². The maximum Gasteiger partial charge on any atom is 0.336 e. The van der Waals surface area contributed by atoms with E-state index in [1.54, 1.807) is 0 Å². The van der Waals surface area contributed by atoms with Gasteiger partial charge in [0.15, 0.2) is 11.5 Å². The molecule has 2 unspecified atom stereocenters. The molecular weight excluding hydrogens is 330 g/mol. The van der Waals surface area contributed by atoms with E-state index >= 15 is 0 Å². The summed E-state index contributed by atoms with van der Waals surface area (Å²) < 4.78 is 11.1. The number of carbonyl (C=O) groups is 2. The molecule has 0 saturated heterocycles. The molecule has 1 aromatic carbocycles.